The summed E-state index contributed by atoms with van der Waals surface area (Å²) in [7, 11) is 1.62. The summed E-state index contributed by atoms with van der Waals surface area (Å²) in [6.45, 7) is 4.00. The van der Waals surface area contributed by atoms with Crippen molar-refractivity contribution in [3.05, 3.63) is 48.0 Å². The van der Waals surface area contributed by atoms with E-state index in [1.54, 1.807) is 41.1 Å². The van der Waals surface area contributed by atoms with Crippen LogP contribution in [0.3, 0.4) is 0 Å². The smallest absolute Gasteiger partial charge is 0.274 e. The number of aryl methyl sites for hydroxylation is 1. The molecule has 3 rings (SSSR count). The lowest BCUT2D eigenvalue weighted by Gasteiger charge is -2.27. The number of methoxy groups -OCH3 is 1. The number of hydrogen-bond acceptors (Lipinski definition) is 4. The van der Waals surface area contributed by atoms with E-state index in [0.717, 1.165) is 6.54 Å². The van der Waals surface area contributed by atoms with Gasteiger partial charge in [0.05, 0.1) is 6.54 Å². The summed E-state index contributed by atoms with van der Waals surface area (Å²) in [5.74, 6) is 0.162. The molecule has 0 spiro atoms. The first-order valence-electron chi connectivity index (χ1n) is 8.31. The Morgan fingerprint density at radius 1 is 1.32 bits per heavy atom. The second-order valence-electron chi connectivity index (χ2n) is 6.16. The van der Waals surface area contributed by atoms with Gasteiger partial charge in [0.15, 0.2) is 0 Å². The zero-order valence-corrected chi connectivity index (χ0v) is 14.4. The average Bonchev–Trinajstić information content (AvgIpc) is 3.28. The summed E-state index contributed by atoms with van der Waals surface area (Å²) in [4.78, 5) is 14.3. The van der Waals surface area contributed by atoms with Crippen molar-refractivity contribution in [2.75, 3.05) is 26.8 Å². The molecule has 1 aromatic carbocycles. The monoisotopic (exact) mass is 347 g/mol. The van der Waals surface area contributed by atoms with Gasteiger partial charge in [-0.2, -0.15) is 5.10 Å². The molecule has 0 radical (unpaired) electrons. The van der Waals surface area contributed by atoms with Crippen LogP contribution in [0.1, 0.15) is 23.8 Å². The summed E-state index contributed by atoms with van der Waals surface area (Å²) in [6, 6.07) is 7.59. The predicted octanol–water partition coefficient (Wildman–Crippen LogP) is 2.35. The number of rotatable bonds is 6. The Bertz CT molecular complexity index is 731. The lowest BCUT2D eigenvalue weighted by Crippen LogP contribution is -2.42. The molecule has 1 saturated heterocycles. The number of benzene rings is 1. The number of aromatic nitrogens is 2. The third kappa shape index (κ3) is 3.82. The molecule has 134 valence electrons. The SMILES string of the molecule is CCn1ccc(C(=O)N2CCC(COc3ccc(F)cc3)(OC)C2)n1. The standard InChI is InChI=1S/C18H22FN3O3/c1-3-22-10-8-16(20-22)17(23)21-11-9-18(12-21,24-2)13-25-15-6-4-14(19)5-7-15/h4-8,10H,3,9,11-13H2,1-2H3. The molecular weight excluding hydrogens is 325 g/mol. The summed E-state index contributed by atoms with van der Waals surface area (Å²) >= 11 is 0. The fourth-order valence-corrected chi connectivity index (χ4v) is 2.92. The number of halogens is 1. The van der Waals surface area contributed by atoms with Crippen molar-refractivity contribution in [1.29, 1.82) is 0 Å². The van der Waals surface area contributed by atoms with Crippen molar-refractivity contribution in [2.45, 2.75) is 25.5 Å². The van der Waals surface area contributed by atoms with Crippen molar-refractivity contribution in [2.24, 2.45) is 0 Å². The number of carbonyl (C=O) groups excluding carboxylic acids is 1. The van der Waals surface area contributed by atoms with Crippen LogP contribution in [0.5, 0.6) is 5.75 Å². The van der Waals surface area contributed by atoms with Crippen LogP contribution < -0.4 is 4.74 Å². The van der Waals surface area contributed by atoms with E-state index < -0.39 is 5.60 Å². The molecule has 0 aliphatic carbocycles. The second-order valence-corrected chi connectivity index (χ2v) is 6.16. The summed E-state index contributed by atoms with van der Waals surface area (Å²) in [6.07, 6.45) is 2.47. The maximum absolute atomic E-state index is 13.0. The first-order valence-corrected chi connectivity index (χ1v) is 8.31. The van der Waals surface area contributed by atoms with Gasteiger partial charge in [-0.15, -0.1) is 0 Å². The Hall–Kier alpha value is -2.41. The molecule has 1 amide bonds. The Balaban J connectivity index is 1.63. The minimum Gasteiger partial charge on any atom is -0.491 e. The van der Waals surface area contributed by atoms with Crippen LogP contribution in [-0.2, 0) is 11.3 Å². The lowest BCUT2D eigenvalue weighted by atomic mass is 10.0. The topological polar surface area (TPSA) is 56.6 Å². The average molecular weight is 347 g/mol. The van der Waals surface area contributed by atoms with Crippen molar-refractivity contribution >= 4 is 5.91 Å². The molecule has 7 heteroatoms. The van der Waals surface area contributed by atoms with Gasteiger partial charge in [-0.1, -0.05) is 0 Å². The van der Waals surface area contributed by atoms with E-state index in [9.17, 15) is 9.18 Å². The molecule has 0 bridgehead atoms. The number of amides is 1. The van der Waals surface area contributed by atoms with Gasteiger partial charge in [0.2, 0.25) is 0 Å². The highest BCUT2D eigenvalue weighted by molar-refractivity contribution is 5.92. The van der Waals surface area contributed by atoms with Crippen molar-refractivity contribution in [3.8, 4) is 5.75 Å². The fraction of sp³-hybridized carbons (Fsp3) is 0.444. The van der Waals surface area contributed by atoms with Gasteiger partial charge >= 0.3 is 0 Å². The molecule has 1 aliphatic heterocycles. The Morgan fingerprint density at radius 2 is 2.08 bits per heavy atom. The molecule has 6 nitrogen and oxygen atoms in total. The minimum absolute atomic E-state index is 0.104. The third-order valence-electron chi connectivity index (χ3n) is 4.54. The van der Waals surface area contributed by atoms with Crippen LogP contribution in [0, 0.1) is 5.82 Å². The zero-order valence-electron chi connectivity index (χ0n) is 14.4. The minimum atomic E-state index is -0.572. The Labute approximate surface area is 146 Å². The maximum atomic E-state index is 13.0. The Morgan fingerprint density at radius 3 is 2.72 bits per heavy atom. The Kier molecular flexibility index (Phi) is 5.03. The number of nitrogens with zero attached hydrogens (tertiary/aromatic N) is 3. The van der Waals surface area contributed by atoms with Crippen LogP contribution in [0.25, 0.3) is 0 Å². The molecule has 1 fully saturated rings. The van der Waals surface area contributed by atoms with Gasteiger partial charge in [-0.25, -0.2) is 4.39 Å². The first-order chi connectivity index (χ1) is 12.0. The quantitative estimate of drug-likeness (QED) is 0.805. The molecular formula is C18H22FN3O3. The molecule has 1 atom stereocenters. The van der Waals surface area contributed by atoms with Crippen LogP contribution in [0.2, 0.25) is 0 Å². The zero-order chi connectivity index (χ0) is 17.9. The van der Waals surface area contributed by atoms with Gasteiger partial charge in [-0.05, 0) is 43.7 Å². The van der Waals surface area contributed by atoms with E-state index in [1.807, 2.05) is 6.92 Å². The van der Waals surface area contributed by atoms with Gasteiger partial charge < -0.3 is 14.4 Å². The number of likely N-dealkylation sites (tertiary alicyclic amines) is 1. The van der Waals surface area contributed by atoms with Gasteiger partial charge in [0.1, 0.15) is 29.5 Å². The molecule has 1 aliphatic rings. The fourth-order valence-electron chi connectivity index (χ4n) is 2.92. The highest BCUT2D eigenvalue weighted by Crippen LogP contribution is 2.27. The van der Waals surface area contributed by atoms with Crippen LogP contribution in [0.15, 0.2) is 36.5 Å². The van der Waals surface area contributed by atoms with Gasteiger partial charge in [0, 0.05) is 26.4 Å². The number of hydrogen-bond donors (Lipinski definition) is 0. The van der Waals surface area contributed by atoms with Crippen molar-refractivity contribution < 1.29 is 18.7 Å². The summed E-state index contributed by atoms with van der Waals surface area (Å²) in [5, 5.41) is 4.27. The molecule has 1 aromatic heterocycles. The van der Waals surface area contributed by atoms with Crippen molar-refractivity contribution in [1.82, 2.24) is 14.7 Å². The van der Waals surface area contributed by atoms with E-state index in [1.165, 1.54) is 12.1 Å². The molecule has 1 unspecified atom stereocenters. The highest BCUT2D eigenvalue weighted by atomic mass is 19.1. The maximum Gasteiger partial charge on any atom is 0.274 e. The molecule has 0 N–H and O–H groups in total. The second kappa shape index (κ2) is 7.23. The number of carbonyl (C=O) groups is 1. The van der Waals surface area contributed by atoms with Crippen LogP contribution in [0.4, 0.5) is 4.39 Å². The normalized spacial score (nSPS) is 20.0. The third-order valence-corrected chi connectivity index (χ3v) is 4.54. The van der Waals surface area contributed by atoms with E-state index >= 15 is 0 Å². The summed E-state index contributed by atoms with van der Waals surface area (Å²) in [5.41, 5.74) is -0.134. The van der Waals surface area contributed by atoms with Gasteiger partial charge in [0.25, 0.3) is 5.91 Å². The molecule has 0 saturated carbocycles. The van der Waals surface area contributed by atoms with Gasteiger partial charge in [-0.3, -0.25) is 9.48 Å². The van der Waals surface area contributed by atoms with E-state index in [2.05, 4.69) is 5.10 Å². The lowest BCUT2D eigenvalue weighted by molar-refractivity contribution is -0.0343. The molecule has 2 aromatic rings. The van der Waals surface area contributed by atoms with E-state index in [0.29, 0.717) is 37.6 Å². The van der Waals surface area contributed by atoms with Crippen molar-refractivity contribution in [3.63, 3.8) is 0 Å². The van der Waals surface area contributed by atoms with Crippen LogP contribution >= 0.6 is 0 Å². The first kappa shape index (κ1) is 17.4. The largest absolute Gasteiger partial charge is 0.491 e. The highest BCUT2D eigenvalue weighted by Gasteiger charge is 2.41. The predicted molar refractivity (Wildman–Crippen MR) is 90.1 cm³/mol. The van der Waals surface area contributed by atoms with E-state index in [4.69, 9.17) is 9.47 Å². The number of ether oxygens (including phenoxy) is 2. The molecule has 2 heterocycles. The van der Waals surface area contributed by atoms with Crippen LogP contribution in [-0.4, -0.2) is 53.0 Å². The summed E-state index contributed by atoms with van der Waals surface area (Å²) < 4.78 is 26.1. The van der Waals surface area contributed by atoms with E-state index in [-0.39, 0.29) is 11.7 Å². The molecule has 25 heavy (non-hydrogen) atoms.